The number of nitrogens with zero attached hydrogens (tertiary/aromatic N) is 2. The van der Waals surface area contributed by atoms with Crippen molar-refractivity contribution in [1.82, 2.24) is 9.55 Å². The molecule has 1 aliphatic heterocycles. The largest absolute Gasteiger partial charge is 0.287 e. The first kappa shape index (κ1) is 7.86. The van der Waals surface area contributed by atoms with E-state index in [2.05, 4.69) is 4.98 Å². The van der Waals surface area contributed by atoms with Crippen molar-refractivity contribution in [3.63, 3.8) is 0 Å². The highest BCUT2D eigenvalue weighted by Crippen LogP contribution is 2.21. The van der Waals surface area contributed by atoms with Gasteiger partial charge in [0.05, 0.1) is 0 Å². The first-order valence-corrected chi connectivity index (χ1v) is 4.89. The minimum atomic E-state index is 0.127. The zero-order valence-electron chi connectivity index (χ0n) is 7.13. The van der Waals surface area contributed by atoms with Gasteiger partial charge in [0.2, 0.25) is 0 Å². The third kappa shape index (κ3) is 0.982. The lowest BCUT2D eigenvalue weighted by atomic mass is 10.3. The monoisotopic (exact) mass is 182 g/mol. The molecule has 0 atom stereocenters. The third-order valence-electron chi connectivity index (χ3n) is 2.15. The quantitative estimate of drug-likeness (QED) is 0.561. The summed E-state index contributed by atoms with van der Waals surface area (Å²) in [5.74, 6) is 0.977. The van der Waals surface area contributed by atoms with Crippen LogP contribution in [0.2, 0.25) is 0 Å². The average Bonchev–Trinajstić information content (AvgIpc) is 2.48. The normalized spacial score (nSPS) is 14.8. The summed E-state index contributed by atoms with van der Waals surface area (Å²) in [6, 6.07) is 0. The molecule has 4 heteroatoms. The Kier molecular flexibility index (Phi) is 1.72. The van der Waals surface area contributed by atoms with Gasteiger partial charge in [0.1, 0.15) is 0 Å². The number of aryl methyl sites for hydroxylation is 1. The van der Waals surface area contributed by atoms with Crippen LogP contribution in [-0.2, 0) is 6.54 Å². The van der Waals surface area contributed by atoms with Gasteiger partial charge < -0.3 is 0 Å². The minimum Gasteiger partial charge on any atom is -0.287 e. The second-order valence-corrected chi connectivity index (χ2v) is 3.97. The highest BCUT2D eigenvalue weighted by molar-refractivity contribution is 7.99. The number of hydrogen-bond donors (Lipinski definition) is 0. The van der Waals surface area contributed by atoms with E-state index in [9.17, 15) is 4.79 Å². The Labute approximate surface area is 74.8 Å². The molecule has 0 aromatic carbocycles. The number of rotatable bonds is 0. The first-order valence-electron chi connectivity index (χ1n) is 3.91. The van der Waals surface area contributed by atoms with E-state index in [-0.39, 0.29) is 5.56 Å². The molecule has 0 saturated carbocycles. The topological polar surface area (TPSA) is 34.9 Å². The molecule has 0 N–H and O–H groups in total. The molecule has 1 aromatic rings. The van der Waals surface area contributed by atoms with Crippen LogP contribution in [0.1, 0.15) is 11.3 Å². The molecular formula is C8H10N2OS. The zero-order valence-corrected chi connectivity index (χ0v) is 7.94. The van der Waals surface area contributed by atoms with E-state index in [4.69, 9.17) is 0 Å². The molecular weight excluding hydrogens is 172 g/mol. The SMILES string of the molecule is Cc1nc2n(c(=O)c1C)CCS2. The maximum Gasteiger partial charge on any atom is 0.257 e. The van der Waals surface area contributed by atoms with Gasteiger partial charge >= 0.3 is 0 Å². The molecule has 2 heterocycles. The van der Waals surface area contributed by atoms with E-state index in [0.717, 1.165) is 28.7 Å². The molecule has 3 nitrogen and oxygen atoms in total. The van der Waals surface area contributed by atoms with Gasteiger partial charge in [0, 0.05) is 23.6 Å². The fourth-order valence-corrected chi connectivity index (χ4v) is 2.26. The van der Waals surface area contributed by atoms with Crippen LogP contribution in [0.25, 0.3) is 0 Å². The molecule has 0 radical (unpaired) electrons. The molecule has 0 amide bonds. The Bertz CT molecular complexity index is 383. The smallest absolute Gasteiger partial charge is 0.257 e. The number of thioether (sulfide) groups is 1. The predicted molar refractivity (Wildman–Crippen MR) is 48.7 cm³/mol. The van der Waals surface area contributed by atoms with Gasteiger partial charge in [-0.3, -0.25) is 9.36 Å². The van der Waals surface area contributed by atoms with Crippen LogP contribution < -0.4 is 5.56 Å². The van der Waals surface area contributed by atoms with Crippen molar-refractivity contribution in [2.75, 3.05) is 5.75 Å². The maximum atomic E-state index is 11.6. The summed E-state index contributed by atoms with van der Waals surface area (Å²) in [7, 11) is 0. The van der Waals surface area contributed by atoms with E-state index in [1.54, 1.807) is 16.3 Å². The highest BCUT2D eigenvalue weighted by atomic mass is 32.2. The van der Waals surface area contributed by atoms with Crippen LogP contribution in [0, 0.1) is 13.8 Å². The molecule has 0 aliphatic carbocycles. The van der Waals surface area contributed by atoms with Crippen LogP contribution in [-0.4, -0.2) is 15.3 Å². The van der Waals surface area contributed by atoms with Gasteiger partial charge in [-0.05, 0) is 13.8 Å². The lowest BCUT2D eigenvalue weighted by Crippen LogP contribution is -2.23. The lowest BCUT2D eigenvalue weighted by molar-refractivity contribution is 0.642. The standard InChI is InChI=1S/C8H10N2OS/c1-5-6(2)9-8-10(7(5)11)3-4-12-8/h3-4H2,1-2H3. The summed E-state index contributed by atoms with van der Waals surface area (Å²) < 4.78 is 1.76. The van der Waals surface area contributed by atoms with Crippen LogP contribution >= 0.6 is 11.8 Å². The van der Waals surface area contributed by atoms with Crippen molar-refractivity contribution >= 4 is 11.8 Å². The van der Waals surface area contributed by atoms with Crippen molar-refractivity contribution in [2.24, 2.45) is 0 Å². The zero-order chi connectivity index (χ0) is 8.72. The van der Waals surface area contributed by atoms with Gasteiger partial charge in [-0.25, -0.2) is 4.98 Å². The molecule has 0 bridgehead atoms. The predicted octanol–water partition coefficient (Wildman–Crippen LogP) is 0.966. The van der Waals surface area contributed by atoms with Crippen molar-refractivity contribution in [3.05, 3.63) is 21.6 Å². The Balaban J connectivity index is 2.76. The third-order valence-corrected chi connectivity index (χ3v) is 3.11. The maximum absolute atomic E-state index is 11.6. The van der Waals surface area contributed by atoms with Gasteiger partial charge in [-0.2, -0.15) is 0 Å². The van der Waals surface area contributed by atoms with E-state index < -0.39 is 0 Å². The van der Waals surface area contributed by atoms with Gasteiger partial charge in [-0.1, -0.05) is 11.8 Å². The van der Waals surface area contributed by atoms with E-state index in [0.29, 0.717) is 0 Å². The Morgan fingerprint density at radius 3 is 3.00 bits per heavy atom. The van der Waals surface area contributed by atoms with Crippen molar-refractivity contribution < 1.29 is 0 Å². The Morgan fingerprint density at radius 2 is 2.25 bits per heavy atom. The number of fused-ring (bicyclic) bond motifs is 1. The van der Waals surface area contributed by atoms with E-state index in [1.165, 1.54) is 0 Å². The summed E-state index contributed by atoms with van der Waals surface area (Å²) in [5.41, 5.74) is 1.77. The van der Waals surface area contributed by atoms with Gasteiger partial charge in [0.15, 0.2) is 5.16 Å². The Morgan fingerprint density at radius 1 is 1.50 bits per heavy atom. The minimum absolute atomic E-state index is 0.127. The van der Waals surface area contributed by atoms with Crippen LogP contribution in [0.5, 0.6) is 0 Å². The van der Waals surface area contributed by atoms with Crippen molar-refractivity contribution in [3.8, 4) is 0 Å². The average molecular weight is 182 g/mol. The van der Waals surface area contributed by atoms with Gasteiger partial charge in [0.25, 0.3) is 5.56 Å². The van der Waals surface area contributed by atoms with Crippen molar-refractivity contribution in [2.45, 2.75) is 25.5 Å². The second-order valence-electron chi connectivity index (χ2n) is 2.91. The van der Waals surface area contributed by atoms with Gasteiger partial charge in [-0.15, -0.1) is 0 Å². The summed E-state index contributed by atoms with van der Waals surface area (Å²) in [4.78, 5) is 15.9. The Hall–Kier alpha value is -0.770. The summed E-state index contributed by atoms with van der Waals surface area (Å²) in [6.07, 6.45) is 0. The molecule has 0 fully saturated rings. The molecule has 0 saturated heterocycles. The molecule has 1 aliphatic rings. The highest BCUT2D eigenvalue weighted by Gasteiger charge is 2.16. The summed E-state index contributed by atoms with van der Waals surface area (Å²) >= 11 is 1.66. The molecule has 1 aromatic heterocycles. The molecule has 64 valence electrons. The van der Waals surface area contributed by atoms with Crippen LogP contribution in [0.3, 0.4) is 0 Å². The fraction of sp³-hybridized carbons (Fsp3) is 0.500. The summed E-state index contributed by atoms with van der Waals surface area (Å²) in [6.45, 7) is 4.53. The first-order chi connectivity index (χ1) is 5.70. The molecule has 2 rings (SSSR count). The molecule has 0 spiro atoms. The summed E-state index contributed by atoms with van der Waals surface area (Å²) in [5, 5.41) is 0.878. The number of aromatic nitrogens is 2. The fourth-order valence-electron chi connectivity index (χ4n) is 1.27. The van der Waals surface area contributed by atoms with Crippen molar-refractivity contribution in [1.29, 1.82) is 0 Å². The van der Waals surface area contributed by atoms with Crippen LogP contribution in [0.15, 0.2) is 9.95 Å². The molecule has 0 unspecified atom stereocenters. The number of hydrogen-bond acceptors (Lipinski definition) is 3. The van der Waals surface area contributed by atoms with E-state index in [1.807, 2.05) is 13.8 Å². The van der Waals surface area contributed by atoms with Crippen LogP contribution in [0.4, 0.5) is 0 Å². The van der Waals surface area contributed by atoms with E-state index >= 15 is 0 Å². The second kappa shape index (κ2) is 2.62. The molecule has 12 heavy (non-hydrogen) atoms. The lowest BCUT2D eigenvalue weighted by Gasteiger charge is -2.04.